The monoisotopic (exact) mass is 355 g/mol. The van der Waals surface area contributed by atoms with Gasteiger partial charge in [0.2, 0.25) is 5.89 Å². The Morgan fingerprint density at radius 2 is 2.00 bits per heavy atom. The van der Waals surface area contributed by atoms with Crippen molar-refractivity contribution in [2.75, 3.05) is 0 Å². The summed E-state index contributed by atoms with van der Waals surface area (Å²) in [6, 6.07) is 8.39. The number of para-hydroxylation sites is 1. The van der Waals surface area contributed by atoms with Crippen molar-refractivity contribution in [1.29, 1.82) is 0 Å². The molecule has 0 bridgehead atoms. The zero-order valence-corrected chi connectivity index (χ0v) is 16.4. The van der Waals surface area contributed by atoms with Crippen LogP contribution in [0.5, 0.6) is 5.75 Å². The topological polar surface area (TPSA) is 35.3 Å². The van der Waals surface area contributed by atoms with Gasteiger partial charge < -0.3 is 9.15 Å². The average Bonchev–Trinajstić information content (AvgIpc) is 3.14. The van der Waals surface area contributed by atoms with E-state index in [4.69, 9.17) is 9.15 Å². The number of aryl methyl sites for hydroxylation is 2. The summed E-state index contributed by atoms with van der Waals surface area (Å²) in [5.74, 6) is 4.28. The molecule has 26 heavy (non-hydrogen) atoms. The van der Waals surface area contributed by atoms with E-state index in [1.54, 1.807) is 6.20 Å². The van der Waals surface area contributed by atoms with Crippen LogP contribution < -0.4 is 4.74 Å². The van der Waals surface area contributed by atoms with E-state index in [1.165, 1.54) is 50.5 Å². The second-order valence-corrected chi connectivity index (χ2v) is 7.85. The zero-order valence-electron chi connectivity index (χ0n) is 16.4. The van der Waals surface area contributed by atoms with Crippen LogP contribution in [0.15, 0.2) is 34.9 Å². The van der Waals surface area contributed by atoms with Crippen LogP contribution in [0.3, 0.4) is 0 Å². The van der Waals surface area contributed by atoms with Crippen molar-refractivity contribution >= 4 is 0 Å². The average molecular weight is 356 g/mol. The lowest BCUT2D eigenvalue weighted by atomic mass is 9.82. The van der Waals surface area contributed by atoms with Crippen molar-refractivity contribution in [1.82, 2.24) is 4.98 Å². The van der Waals surface area contributed by atoms with Crippen LogP contribution >= 0.6 is 0 Å². The lowest BCUT2D eigenvalue weighted by Gasteiger charge is -2.24. The van der Waals surface area contributed by atoms with Gasteiger partial charge in [0.1, 0.15) is 11.5 Å². The highest BCUT2D eigenvalue weighted by Crippen LogP contribution is 2.31. The zero-order chi connectivity index (χ0) is 18.2. The molecule has 1 fully saturated rings. The van der Waals surface area contributed by atoms with Gasteiger partial charge in [0.25, 0.3) is 0 Å². The summed E-state index contributed by atoms with van der Waals surface area (Å²) in [5.41, 5.74) is 1.30. The molecule has 3 nitrogen and oxygen atoms in total. The van der Waals surface area contributed by atoms with E-state index in [1.807, 2.05) is 6.07 Å². The van der Waals surface area contributed by atoms with Gasteiger partial charge in [-0.25, -0.2) is 4.98 Å². The van der Waals surface area contributed by atoms with E-state index in [-0.39, 0.29) is 0 Å². The molecule has 1 atom stereocenters. The van der Waals surface area contributed by atoms with Gasteiger partial charge in [-0.15, -0.1) is 0 Å². The fraction of sp³-hybridized carbons (Fsp3) is 0.609. The van der Waals surface area contributed by atoms with Gasteiger partial charge in [-0.05, 0) is 42.7 Å². The molecule has 0 radical (unpaired) electrons. The SMILES string of the molecule is CCc1cnc(COc2ccccc2CCC(C)CC2CCCCC2)o1. The number of nitrogens with zero attached hydrogens (tertiary/aromatic N) is 1. The van der Waals surface area contributed by atoms with Crippen molar-refractivity contribution < 1.29 is 9.15 Å². The maximum absolute atomic E-state index is 6.01. The number of rotatable bonds is 9. The largest absolute Gasteiger partial charge is 0.484 e. The van der Waals surface area contributed by atoms with E-state index >= 15 is 0 Å². The Kier molecular flexibility index (Phi) is 7.16. The fourth-order valence-corrected chi connectivity index (χ4v) is 4.08. The molecule has 1 aliphatic rings. The van der Waals surface area contributed by atoms with Crippen molar-refractivity contribution in [3.63, 3.8) is 0 Å². The van der Waals surface area contributed by atoms with Crippen LogP contribution in [0.25, 0.3) is 0 Å². The predicted molar refractivity (Wildman–Crippen MR) is 105 cm³/mol. The Bertz CT molecular complexity index is 658. The molecule has 1 heterocycles. The first kappa shape index (κ1) is 19.0. The highest BCUT2D eigenvalue weighted by atomic mass is 16.5. The minimum atomic E-state index is 0.397. The molecule has 0 saturated heterocycles. The third-order valence-corrected chi connectivity index (χ3v) is 5.64. The summed E-state index contributed by atoms with van der Waals surface area (Å²) in [5, 5.41) is 0. The van der Waals surface area contributed by atoms with Crippen molar-refractivity contribution in [3.8, 4) is 5.75 Å². The second-order valence-electron chi connectivity index (χ2n) is 7.85. The first-order valence-electron chi connectivity index (χ1n) is 10.4. The van der Waals surface area contributed by atoms with Gasteiger partial charge >= 0.3 is 0 Å². The molecule has 142 valence electrons. The molecule has 0 amide bonds. The quantitative estimate of drug-likeness (QED) is 0.525. The number of hydrogen-bond donors (Lipinski definition) is 0. The van der Waals surface area contributed by atoms with Crippen LogP contribution in [0.1, 0.15) is 76.0 Å². The molecule has 1 unspecified atom stereocenters. The number of oxazole rings is 1. The number of ether oxygens (including phenoxy) is 1. The third-order valence-electron chi connectivity index (χ3n) is 5.64. The molecule has 0 aliphatic heterocycles. The normalized spacial score (nSPS) is 16.5. The summed E-state index contributed by atoms with van der Waals surface area (Å²) in [7, 11) is 0. The van der Waals surface area contributed by atoms with Crippen LogP contribution in [-0.2, 0) is 19.4 Å². The summed E-state index contributed by atoms with van der Waals surface area (Å²) in [6.45, 7) is 4.88. The lowest BCUT2D eigenvalue weighted by molar-refractivity contribution is 0.255. The van der Waals surface area contributed by atoms with Crippen LogP contribution in [0.2, 0.25) is 0 Å². The molecule has 1 saturated carbocycles. The third kappa shape index (κ3) is 5.62. The maximum atomic E-state index is 6.01. The molecule has 1 aliphatic carbocycles. The molecule has 2 aromatic rings. The van der Waals surface area contributed by atoms with Gasteiger partial charge in [0.15, 0.2) is 6.61 Å². The van der Waals surface area contributed by atoms with E-state index in [2.05, 4.69) is 37.0 Å². The summed E-state index contributed by atoms with van der Waals surface area (Å²) in [4.78, 5) is 4.28. The molecular formula is C23H33NO2. The Morgan fingerprint density at radius 1 is 1.19 bits per heavy atom. The van der Waals surface area contributed by atoms with Crippen molar-refractivity contribution in [3.05, 3.63) is 47.7 Å². The van der Waals surface area contributed by atoms with E-state index < -0.39 is 0 Å². The Balaban J connectivity index is 1.49. The van der Waals surface area contributed by atoms with Crippen molar-refractivity contribution in [2.45, 2.75) is 78.2 Å². The van der Waals surface area contributed by atoms with Crippen LogP contribution in [-0.4, -0.2) is 4.98 Å². The van der Waals surface area contributed by atoms with E-state index in [0.717, 1.165) is 36.2 Å². The van der Waals surface area contributed by atoms with Gasteiger partial charge in [-0.2, -0.15) is 0 Å². The molecule has 3 rings (SSSR count). The molecule has 0 spiro atoms. The molecule has 0 N–H and O–H groups in total. The minimum Gasteiger partial charge on any atom is -0.484 e. The summed E-state index contributed by atoms with van der Waals surface area (Å²) < 4.78 is 11.6. The van der Waals surface area contributed by atoms with Crippen LogP contribution in [0, 0.1) is 11.8 Å². The molecular weight excluding hydrogens is 322 g/mol. The second kappa shape index (κ2) is 9.80. The molecule has 3 heteroatoms. The Morgan fingerprint density at radius 3 is 2.77 bits per heavy atom. The first-order chi connectivity index (χ1) is 12.7. The number of aromatic nitrogens is 1. The van der Waals surface area contributed by atoms with Gasteiger partial charge in [-0.1, -0.05) is 64.2 Å². The smallest absolute Gasteiger partial charge is 0.232 e. The minimum absolute atomic E-state index is 0.397. The Labute approximate surface area is 158 Å². The van der Waals surface area contributed by atoms with Gasteiger partial charge in [0, 0.05) is 6.42 Å². The van der Waals surface area contributed by atoms with E-state index in [9.17, 15) is 0 Å². The van der Waals surface area contributed by atoms with Crippen molar-refractivity contribution in [2.24, 2.45) is 11.8 Å². The lowest BCUT2D eigenvalue weighted by Crippen LogP contribution is -2.11. The molecule has 1 aromatic carbocycles. The Hall–Kier alpha value is -1.77. The summed E-state index contributed by atoms with van der Waals surface area (Å²) >= 11 is 0. The van der Waals surface area contributed by atoms with Crippen LogP contribution in [0.4, 0.5) is 0 Å². The number of hydrogen-bond acceptors (Lipinski definition) is 3. The highest BCUT2D eigenvalue weighted by molar-refractivity contribution is 5.33. The van der Waals surface area contributed by atoms with Gasteiger partial charge in [-0.3, -0.25) is 0 Å². The summed E-state index contributed by atoms with van der Waals surface area (Å²) in [6.07, 6.45) is 13.6. The number of benzene rings is 1. The van der Waals surface area contributed by atoms with Gasteiger partial charge in [0.05, 0.1) is 6.20 Å². The highest BCUT2D eigenvalue weighted by Gasteiger charge is 2.17. The first-order valence-corrected chi connectivity index (χ1v) is 10.4. The fourth-order valence-electron chi connectivity index (χ4n) is 4.08. The predicted octanol–water partition coefficient (Wildman–Crippen LogP) is 6.36. The standard InChI is InChI=1S/C23H33NO2/c1-3-21-16-24-23(26-21)17-25-22-12-8-7-11-20(22)14-13-18(2)15-19-9-5-4-6-10-19/h7-8,11-12,16,18-19H,3-6,9-10,13-15,17H2,1-2H3. The maximum Gasteiger partial charge on any atom is 0.232 e. The molecule has 1 aromatic heterocycles. The van der Waals surface area contributed by atoms with E-state index in [0.29, 0.717) is 12.5 Å².